The first-order valence-corrected chi connectivity index (χ1v) is 9.46. The predicted octanol–water partition coefficient (Wildman–Crippen LogP) is 5.14. The van der Waals surface area contributed by atoms with Crippen molar-refractivity contribution in [2.45, 2.75) is 45.1 Å². The average molecular weight is 346 g/mol. The summed E-state index contributed by atoms with van der Waals surface area (Å²) in [6.45, 7) is 3.03. The summed E-state index contributed by atoms with van der Waals surface area (Å²) in [5, 5.41) is 0. The molecule has 2 aromatic rings. The summed E-state index contributed by atoms with van der Waals surface area (Å²) in [5.74, 6) is 6.94. The molecule has 1 fully saturated rings. The van der Waals surface area contributed by atoms with Gasteiger partial charge >= 0.3 is 0 Å². The number of ether oxygens (including phenoxy) is 1. The van der Waals surface area contributed by atoms with E-state index in [0.29, 0.717) is 25.4 Å². The number of Topliss-reactive ketones (excluding diaryl/α,β-unsaturated/α-hetero) is 1. The molecule has 26 heavy (non-hydrogen) atoms. The van der Waals surface area contributed by atoms with Gasteiger partial charge in [0.1, 0.15) is 6.61 Å². The van der Waals surface area contributed by atoms with Gasteiger partial charge in [-0.3, -0.25) is 4.79 Å². The Bertz CT molecular complexity index is 770. The number of ketones is 1. The standard InChI is InChI=1S/C24H26O2/c1-2-3-15-23(25)24(18-22(24)21-13-8-5-9-14-21)16-10-17-26-19-20-11-6-4-7-12-20/h4-9,11-14,22H,2-3,15,17-19H2,1H3/t22-,24+/m0/s1. The van der Waals surface area contributed by atoms with E-state index in [1.807, 2.05) is 48.5 Å². The monoisotopic (exact) mass is 346 g/mol. The number of hydrogen-bond acceptors (Lipinski definition) is 2. The van der Waals surface area contributed by atoms with Crippen LogP contribution in [0, 0.1) is 17.3 Å². The Kier molecular flexibility index (Phi) is 6.26. The second-order valence-corrected chi connectivity index (χ2v) is 6.95. The van der Waals surface area contributed by atoms with Gasteiger partial charge in [0.05, 0.1) is 12.0 Å². The summed E-state index contributed by atoms with van der Waals surface area (Å²) in [6.07, 6.45) is 3.43. The van der Waals surface area contributed by atoms with E-state index in [2.05, 4.69) is 30.9 Å². The summed E-state index contributed by atoms with van der Waals surface area (Å²) in [6, 6.07) is 20.4. The maximum Gasteiger partial charge on any atom is 0.151 e. The summed E-state index contributed by atoms with van der Waals surface area (Å²) in [4.78, 5) is 12.8. The molecular formula is C24H26O2. The van der Waals surface area contributed by atoms with Crippen molar-refractivity contribution >= 4 is 5.78 Å². The molecule has 1 aliphatic rings. The molecule has 0 amide bonds. The molecule has 0 saturated heterocycles. The smallest absolute Gasteiger partial charge is 0.151 e. The number of carbonyl (C=O) groups is 1. The number of rotatable bonds is 8. The molecule has 0 bridgehead atoms. The molecule has 2 nitrogen and oxygen atoms in total. The molecular weight excluding hydrogens is 320 g/mol. The third kappa shape index (κ3) is 4.42. The SMILES string of the molecule is CCCCC(=O)[C@]1(C#CCOCc2ccccc2)C[C@H]1c1ccccc1. The molecule has 0 heterocycles. The number of hydrogen-bond donors (Lipinski definition) is 0. The molecule has 0 unspecified atom stereocenters. The largest absolute Gasteiger partial charge is 0.364 e. The van der Waals surface area contributed by atoms with E-state index in [-0.39, 0.29) is 5.92 Å². The van der Waals surface area contributed by atoms with Crippen LogP contribution in [0.2, 0.25) is 0 Å². The van der Waals surface area contributed by atoms with Gasteiger partial charge in [0.15, 0.2) is 5.78 Å². The van der Waals surface area contributed by atoms with Gasteiger partial charge in [-0.15, -0.1) is 0 Å². The summed E-state index contributed by atoms with van der Waals surface area (Å²) >= 11 is 0. The summed E-state index contributed by atoms with van der Waals surface area (Å²) in [7, 11) is 0. The Labute approximate surface area is 156 Å². The van der Waals surface area contributed by atoms with Gasteiger partial charge < -0.3 is 4.74 Å². The molecule has 134 valence electrons. The van der Waals surface area contributed by atoms with Gasteiger partial charge in [0, 0.05) is 12.3 Å². The van der Waals surface area contributed by atoms with Crippen LogP contribution in [-0.4, -0.2) is 12.4 Å². The zero-order valence-electron chi connectivity index (χ0n) is 15.4. The minimum absolute atomic E-state index is 0.231. The maximum absolute atomic E-state index is 12.8. The lowest BCUT2D eigenvalue weighted by Gasteiger charge is -2.10. The molecule has 3 rings (SSSR count). The van der Waals surface area contributed by atoms with E-state index in [1.54, 1.807) is 0 Å². The van der Waals surface area contributed by atoms with Crippen molar-refractivity contribution in [3.63, 3.8) is 0 Å². The Hall–Kier alpha value is -2.37. The third-order valence-corrected chi connectivity index (χ3v) is 5.01. The molecule has 1 saturated carbocycles. The van der Waals surface area contributed by atoms with Crippen molar-refractivity contribution in [2.24, 2.45) is 5.41 Å². The van der Waals surface area contributed by atoms with Gasteiger partial charge in [-0.05, 0) is 24.0 Å². The van der Waals surface area contributed by atoms with E-state index in [0.717, 1.165) is 24.8 Å². The topological polar surface area (TPSA) is 26.3 Å². The van der Waals surface area contributed by atoms with E-state index in [1.165, 1.54) is 5.56 Å². The van der Waals surface area contributed by atoms with Crippen LogP contribution in [0.15, 0.2) is 60.7 Å². The Morgan fingerprint density at radius 3 is 2.50 bits per heavy atom. The highest BCUT2D eigenvalue weighted by molar-refractivity contribution is 5.92. The molecule has 0 N–H and O–H groups in total. The summed E-state index contributed by atoms with van der Waals surface area (Å²) in [5.41, 5.74) is 1.86. The first-order valence-electron chi connectivity index (χ1n) is 9.46. The van der Waals surface area contributed by atoms with Crippen LogP contribution in [-0.2, 0) is 16.1 Å². The van der Waals surface area contributed by atoms with Crippen LogP contribution in [0.3, 0.4) is 0 Å². The Balaban J connectivity index is 1.63. The molecule has 2 heteroatoms. The Morgan fingerprint density at radius 1 is 1.12 bits per heavy atom. The van der Waals surface area contributed by atoms with Gasteiger partial charge in [0.2, 0.25) is 0 Å². The van der Waals surface area contributed by atoms with Gasteiger partial charge in [-0.2, -0.15) is 0 Å². The third-order valence-electron chi connectivity index (χ3n) is 5.01. The highest BCUT2D eigenvalue weighted by Crippen LogP contribution is 2.60. The quantitative estimate of drug-likeness (QED) is 0.489. The number of carbonyl (C=O) groups excluding carboxylic acids is 1. The van der Waals surface area contributed by atoms with Crippen LogP contribution in [0.25, 0.3) is 0 Å². The number of benzene rings is 2. The van der Waals surface area contributed by atoms with Gasteiger partial charge in [0.25, 0.3) is 0 Å². The molecule has 2 atom stereocenters. The second-order valence-electron chi connectivity index (χ2n) is 6.95. The van der Waals surface area contributed by atoms with Crippen molar-refractivity contribution in [3.05, 3.63) is 71.8 Å². The fraction of sp³-hybridized carbons (Fsp3) is 0.375. The highest BCUT2D eigenvalue weighted by atomic mass is 16.5. The van der Waals surface area contributed by atoms with Crippen molar-refractivity contribution in [1.82, 2.24) is 0 Å². The van der Waals surface area contributed by atoms with Gasteiger partial charge in [-0.25, -0.2) is 0 Å². The van der Waals surface area contributed by atoms with E-state index in [4.69, 9.17) is 4.74 Å². The second kappa shape index (κ2) is 8.83. The molecule has 0 aromatic heterocycles. The maximum atomic E-state index is 12.8. The Morgan fingerprint density at radius 2 is 1.81 bits per heavy atom. The first kappa shape index (κ1) is 18.4. The highest BCUT2D eigenvalue weighted by Gasteiger charge is 2.58. The number of unbranched alkanes of at least 4 members (excludes halogenated alkanes) is 1. The van der Waals surface area contributed by atoms with Gasteiger partial charge in [-0.1, -0.05) is 85.8 Å². The first-order chi connectivity index (χ1) is 12.8. The van der Waals surface area contributed by atoms with Crippen LogP contribution >= 0.6 is 0 Å². The normalized spacial score (nSPS) is 20.9. The lowest BCUT2D eigenvalue weighted by Crippen LogP contribution is -2.16. The van der Waals surface area contributed by atoms with Crippen molar-refractivity contribution in [1.29, 1.82) is 0 Å². The lowest BCUT2D eigenvalue weighted by atomic mass is 9.92. The van der Waals surface area contributed by atoms with E-state index < -0.39 is 5.41 Å². The molecule has 2 aromatic carbocycles. The predicted molar refractivity (Wildman–Crippen MR) is 105 cm³/mol. The van der Waals surface area contributed by atoms with Crippen molar-refractivity contribution in [3.8, 4) is 11.8 Å². The molecule has 0 aliphatic heterocycles. The van der Waals surface area contributed by atoms with E-state index in [9.17, 15) is 4.79 Å². The average Bonchev–Trinajstić information content (AvgIpc) is 3.43. The van der Waals surface area contributed by atoms with Crippen LogP contribution in [0.1, 0.15) is 49.7 Å². The minimum Gasteiger partial charge on any atom is -0.364 e. The zero-order chi connectivity index (χ0) is 18.2. The van der Waals surface area contributed by atoms with Crippen LogP contribution in [0.5, 0.6) is 0 Å². The van der Waals surface area contributed by atoms with Crippen molar-refractivity contribution < 1.29 is 9.53 Å². The zero-order valence-corrected chi connectivity index (χ0v) is 15.4. The van der Waals surface area contributed by atoms with E-state index >= 15 is 0 Å². The molecule has 0 spiro atoms. The fourth-order valence-electron chi connectivity index (χ4n) is 3.42. The van der Waals surface area contributed by atoms with Crippen molar-refractivity contribution in [2.75, 3.05) is 6.61 Å². The molecule has 0 radical (unpaired) electrons. The summed E-state index contributed by atoms with van der Waals surface area (Å²) < 4.78 is 5.66. The van der Waals surface area contributed by atoms with Crippen LogP contribution < -0.4 is 0 Å². The minimum atomic E-state index is -0.493. The fourth-order valence-corrected chi connectivity index (χ4v) is 3.42. The van der Waals surface area contributed by atoms with Crippen LogP contribution in [0.4, 0.5) is 0 Å². The lowest BCUT2D eigenvalue weighted by molar-refractivity contribution is -0.122. The molecule has 1 aliphatic carbocycles.